The van der Waals surface area contributed by atoms with E-state index in [1.165, 1.54) is 4.31 Å². The van der Waals surface area contributed by atoms with E-state index >= 15 is 0 Å². The molecule has 1 atom stereocenters. The quantitative estimate of drug-likeness (QED) is 0.859. The van der Waals surface area contributed by atoms with E-state index in [-0.39, 0.29) is 18.8 Å². The maximum atomic E-state index is 12.5. The van der Waals surface area contributed by atoms with Gasteiger partial charge in [-0.15, -0.1) is 0 Å². The number of benzene rings is 1. The van der Waals surface area contributed by atoms with E-state index in [0.29, 0.717) is 0 Å². The van der Waals surface area contributed by atoms with Gasteiger partial charge in [-0.2, -0.15) is 4.31 Å². The molecule has 0 aliphatic carbocycles. The highest BCUT2D eigenvalue weighted by molar-refractivity contribution is 7.88. The number of carboxylic acids is 1. The number of carboxylic acid groups (broad SMARTS) is 1. The van der Waals surface area contributed by atoms with Crippen LogP contribution in [0, 0.1) is 19.8 Å². The lowest BCUT2D eigenvalue weighted by molar-refractivity contribution is -0.140. The number of hydrogen-bond acceptors (Lipinski definition) is 3. The minimum absolute atomic E-state index is 0.000897. The van der Waals surface area contributed by atoms with Crippen LogP contribution in [0.4, 0.5) is 0 Å². The number of carbonyl (C=O) groups is 1. The van der Waals surface area contributed by atoms with Crippen LogP contribution in [0.3, 0.4) is 0 Å². The van der Waals surface area contributed by atoms with Crippen molar-refractivity contribution in [2.24, 2.45) is 5.92 Å². The summed E-state index contributed by atoms with van der Waals surface area (Å²) >= 11 is 0. The van der Waals surface area contributed by atoms with Crippen LogP contribution in [-0.2, 0) is 20.6 Å². The molecule has 0 aromatic heterocycles. The topological polar surface area (TPSA) is 74.7 Å². The molecule has 5 nitrogen and oxygen atoms in total. The predicted molar refractivity (Wildman–Crippen MR) is 80.4 cm³/mol. The molecule has 6 heteroatoms. The van der Waals surface area contributed by atoms with Crippen LogP contribution >= 0.6 is 0 Å². The molecule has 1 aromatic carbocycles. The summed E-state index contributed by atoms with van der Waals surface area (Å²) in [7, 11) is -3.53. The van der Waals surface area contributed by atoms with Gasteiger partial charge in [-0.1, -0.05) is 30.4 Å². The second kappa shape index (κ2) is 5.99. The molecule has 0 fully saturated rings. The molecule has 1 heterocycles. The second-order valence-electron chi connectivity index (χ2n) is 5.32. The Hall–Kier alpha value is -1.66. The lowest BCUT2D eigenvalue weighted by atomic mass is 10.1. The monoisotopic (exact) mass is 309 g/mol. The Morgan fingerprint density at radius 1 is 1.33 bits per heavy atom. The molecular weight excluding hydrogens is 290 g/mol. The van der Waals surface area contributed by atoms with E-state index in [0.717, 1.165) is 16.7 Å². The zero-order valence-electron chi connectivity index (χ0n) is 12.1. The molecular formula is C15H19NO4S. The fraction of sp³-hybridized carbons (Fsp3) is 0.400. The Balaban J connectivity index is 2.23. The van der Waals surface area contributed by atoms with Crippen LogP contribution in [0.25, 0.3) is 0 Å². The summed E-state index contributed by atoms with van der Waals surface area (Å²) in [5.74, 6) is -1.86. The Morgan fingerprint density at radius 3 is 2.52 bits per heavy atom. The number of hydrogen-bond donors (Lipinski definition) is 1. The molecule has 2 rings (SSSR count). The zero-order chi connectivity index (χ0) is 15.6. The second-order valence-corrected chi connectivity index (χ2v) is 7.29. The van der Waals surface area contributed by atoms with Crippen LogP contribution in [-0.4, -0.2) is 36.9 Å². The van der Waals surface area contributed by atoms with Gasteiger partial charge < -0.3 is 5.11 Å². The van der Waals surface area contributed by atoms with Crippen molar-refractivity contribution in [3.63, 3.8) is 0 Å². The number of rotatable bonds is 4. The van der Waals surface area contributed by atoms with E-state index in [2.05, 4.69) is 0 Å². The van der Waals surface area contributed by atoms with Crippen molar-refractivity contribution in [2.75, 3.05) is 13.1 Å². The maximum Gasteiger partial charge on any atom is 0.311 e. The number of aryl methyl sites for hydroxylation is 2. The van der Waals surface area contributed by atoms with Crippen molar-refractivity contribution < 1.29 is 18.3 Å². The van der Waals surface area contributed by atoms with Crippen LogP contribution in [0.1, 0.15) is 16.7 Å². The average molecular weight is 309 g/mol. The third kappa shape index (κ3) is 3.51. The van der Waals surface area contributed by atoms with Gasteiger partial charge in [0, 0.05) is 13.1 Å². The summed E-state index contributed by atoms with van der Waals surface area (Å²) in [6.45, 7) is 4.00. The van der Waals surface area contributed by atoms with Crippen molar-refractivity contribution in [1.82, 2.24) is 4.31 Å². The molecule has 1 aliphatic rings. The molecule has 1 aliphatic heterocycles. The van der Waals surface area contributed by atoms with Crippen LogP contribution < -0.4 is 0 Å². The SMILES string of the molecule is Cc1cccc(C)c1CS(=O)(=O)N1CC=CC(C(=O)O)C1. The molecule has 0 saturated heterocycles. The number of aliphatic carboxylic acids is 1. The third-order valence-electron chi connectivity index (χ3n) is 3.76. The van der Waals surface area contributed by atoms with Gasteiger partial charge in [0.1, 0.15) is 0 Å². The minimum Gasteiger partial charge on any atom is -0.481 e. The fourth-order valence-corrected chi connectivity index (χ4v) is 4.14. The Kier molecular flexibility index (Phi) is 4.49. The molecule has 0 spiro atoms. The molecule has 1 N–H and O–H groups in total. The van der Waals surface area contributed by atoms with Gasteiger partial charge >= 0.3 is 5.97 Å². The van der Waals surface area contributed by atoms with E-state index in [1.807, 2.05) is 32.0 Å². The summed E-state index contributed by atoms with van der Waals surface area (Å²) in [5, 5.41) is 9.03. The van der Waals surface area contributed by atoms with Gasteiger partial charge in [0.05, 0.1) is 11.7 Å². The molecule has 21 heavy (non-hydrogen) atoms. The molecule has 0 radical (unpaired) electrons. The van der Waals surface area contributed by atoms with Crippen molar-refractivity contribution in [1.29, 1.82) is 0 Å². The largest absolute Gasteiger partial charge is 0.481 e. The molecule has 0 bridgehead atoms. The minimum atomic E-state index is -3.53. The maximum absolute atomic E-state index is 12.5. The highest BCUT2D eigenvalue weighted by atomic mass is 32.2. The van der Waals surface area contributed by atoms with E-state index in [9.17, 15) is 13.2 Å². The Bertz CT molecular complexity index is 659. The molecule has 0 saturated carbocycles. The zero-order valence-corrected chi connectivity index (χ0v) is 12.9. The van der Waals surface area contributed by atoms with E-state index in [1.54, 1.807) is 12.2 Å². The summed E-state index contributed by atoms with van der Waals surface area (Å²) in [5.41, 5.74) is 2.65. The summed E-state index contributed by atoms with van der Waals surface area (Å²) < 4.78 is 26.3. The lowest BCUT2D eigenvalue weighted by Crippen LogP contribution is -2.40. The number of nitrogens with zero attached hydrogens (tertiary/aromatic N) is 1. The lowest BCUT2D eigenvalue weighted by Gasteiger charge is -2.26. The first-order valence-electron chi connectivity index (χ1n) is 6.73. The van der Waals surface area contributed by atoms with Crippen molar-refractivity contribution in [3.8, 4) is 0 Å². The Labute approximate surface area is 124 Å². The van der Waals surface area contributed by atoms with Crippen LogP contribution in [0.5, 0.6) is 0 Å². The standard InChI is InChI=1S/C15H19NO4S/c1-11-5-3-6-12(2)14(11)10-21(19,20)16-8-4-7-13(9-16)15(17)18/h3-7,13H,8-10H2,1-2H3,(H,17,18). The normalized spacial score (nSPS) is 19.6. The smallest absolute Gasteiger partial charge is 0.311 e. The fourth-order valence-electron chi connectivity index (χ4n) is 2.44. The molecule has 114 valence electrons. The first-order valence-corrected chi connectivity index (χ1v) is 8.34. The predicted octanol–water partition coefficient (Wildman–Crippen LogP) is 1.71. The van der Waals surface area contributed by atoms with Crippen molar-refractivity contribution in [3.05, 3.63) is 47.0 Å². The first-order chi connectivity index (χ1) is 9.81. The van der Waals surface area contributed by atoms with Gasteiger partial charge in [-0.05, 0) is 30.5 Å². The summed E-state index contributed by atoms with van der Waals surface area (Å²) in [6, 6.07) is 5.66. The van der Waals surface area contributed by atoms with Gasteiger partial charge in [-0.25, -0.2) is 8.42 Å². The van der Waals surface area contributed by atoms with E-state index < -0.39 is 21.9 Å². The van der Waals surface area contributed by atoms with Crippen molar-refractivity contribution in [2.45, 2.75) is 19.6 Å². The van der Waals surface area contributed by atoms with Gasteiger partial charge in [0.15, 0.2) is 0 Å². The van der Waals surface area contributed by atoms with Crippen LogP contribution in [0.2, 0.25) is 0 Å². The van der Waals surface area contributed by atoms with E-state index in [4.69, 9.17) is 5.11 Å². The molecule has 1 unspecified atom stereocenters. The summed E-state index contributed by atoms with van der Waals surface area (Å²) in [6.07, 6.45) is 3.15. The van der Waals surface area contributed by atoms with Gasteiger partial charge in [0.25, 0.3) is 0 Å². The molecule has 0 amide bonds. The van der Waals surface area contributed by atoms with Crippen molar-refractivity contribution >= 4 is 16.0 Å². The average Bonchev–Trinajstić information content (AvgIpc) is 2.43. The number of sulfonamides is 1. The van der Waals surface area contributed by atoms with Gasteiger partial charge in [0.2, 0.25) is 10.0 Å². The van der Waals surface area contributed by atoms with Crippen LogP contribution in [0.15, 0.2) is 30.4 Å². The molecule has 1 aromatic rings. The third-order valence-corrected chi connectivity index (χ3v) is 5.50. The summed E-state index contributed by atoms with van der Waals surface area (Å²) in [4.78, 5) is 11.0. The highest BCUT2D eigenvalue weighted by Crippen LogP contribution is 2.21. The Morgan fingerprint density at radius 2 is 1.95 bits per heavy atom. The first kappa shape index (κ1) is 15.7. The highest BCUT2D eigenvalue weighted by Gasteiger charge is 2.30. The van der Waals surface area contributed by atoms with Gasteiger partial charge in [-0.3, -0.25) is 4.79 Å².